The summed E-state index contributed by atoms with van der Waals surface area (Å²) < 4.78 is 0. The highest BCUT2D eigenvalue weighted by Crippen LogP contribution is 2.35. The number of piperazine rings is 1. The van der Waals surface area contributed by atoms with Crippen LogP contribution in [0.3, 0.4) is 0 Å². The molecule has 9 heteroatoms. The molecule has 0 unspecified atom stereocenters. The zero-order valence-electron chi connectivity index (χ0n) is 18.0. The molecule has 1 aromatic carbocycles. The van der Waals surface area contributed by atoms with Crippen molar-refractivity contribution in [3.05, 3.63) is 52.8 Å². The van der Waals surface area contributed by atoms with Gasteiger partial charge < -0.3 is 20.4 Å². The van der Waals surface area contributed by atoms with E-state index in [4.69, 9.17) is 21.6 Å². The van der Waals surface area contributed by atoms with E-state index in [1.807, 2.05) is 25.1 Å². The fourth-order valence-corrected chi connectivity index (χ4v) is 4.21. The number of aromatic nitrogens is 3. The number of fused-ring (bicyclic) bond motifs is 3. The first kappa shape index (κ1) is 20.7. The highest BCUT2D eigenvalue weighted by molar-refractivity contribution is 6.31. The summed E-state index contributed by atoms with van der Waals surface area (Å²) in [5.41, 5.74) is 4.69. The van der Waals surface area contributed by atoms with E-state index >= 15 is 0 Å². The van der Waals surface area contributed by atoms with Crippen LogP contribution in [0.1, 0.15) is 11.3 Å². The molecule has 1 fully saturated rings. The lowest BCUT2D eigenvalue weighted by Gasteiger charge is -2.33. The van der Waals surface area contributed by atoms with Crippen molar-refractivity contribution in [1.29, 1.82) is 0 Å². The SMILES string of the molecule is Cc1nc(N2CCN(C)CC2)ccc1Nc1ncc2c(n1)-c1ccc(Cl)cc1NC(=O)C2. The van der Waals surface area contributed by atoms with Gasteiger partial charge in [0.2, 0.25) is 11.9 Å². The quantitative estimate of drug-likeness (QED) is 0.632. The zero-order chi connectivity index (χ0) is 22.2. The third-order valence-corrected chi connectivity index (χ3v) is 6.11. The summed E-state index contributed by atoms with van der Waals surface area (Å²) in [6.07, 6.45) is 1.91. The van der Waals surface area contributed by atoms with Gasteiger partial charge in [-0.2, -0.15) is 0 Å². The summed E-state index contributed by atoms with van der Waals surface area (Å²) in [5.74, 6) is 1.33. The summed E-state index contributed by atoms with van der Waals surface area (Å²) in [6.45, 7) is 5.99. The molecule has 2 aliphatic rings. The van der Waals surface area contributed by atoms with Crippen molar-refractivity contribution in [3.8, 4) is 11.3 Å². The van der Waals surface area contributed by atoms with Crippen molar-refractivity contribution in [1.82, 2.24) is 19.9 Å². The molecular formula is C23H24ClN7O. The van der Waals surface area contributed by atoms with Crippen LogP contribution in [-0.4, -0.2) is 59.0 Å². The van der Waals surface area contributed by atoms with E-state index in [0.29, 0.717) is 22.4 Å². The van der Waals surface area contributed by atoms with Crippen molar-refractivity contribution in [2.45, 2.75) is 13.3 Å². The average molecular weight is 450 g/mol. The summed E-state index contributed by atoms with van der Waals surface area (Å²) >= 11 is 6.13. The minimum Gasteiger partial charge on any atom is -0.354 e. The van der Waals surface area contributed by atoms with Crippen LogP contribution in [-0.2, 0) is 11.2 Å². The van der Waals surface area contributed by atoms with E-state index in [9.17, 15) is 4.79 Å². The second kappa shape index (κ2) is 8.37. The van der Waals surface area contributed by atoms with E-state index in [1.165, 1.54) is 0 Å². The molecule has 8 nitrogen and oxygen atoms in total. The fraction of sp³-hybridized carbons (Fsp3) is 0.304. The smallest absolute Gasteiger partial charge is 0.228 e. The molecule has 1 saturated heterocycles. The molecule has 3 aromatic rings. The number of nitrogens with zero attached hydrogens (tertiary/aromatic N) is 5. The lowest BCUT2D eigenvalue weighted by atomic mass is 10.1. The largest absolute Gasteiger partial charge is 0.354 e. The highest BCUT2D eigenvalue weighted by Gasteiger charge is 2.22. The number of halogens is 1. The molecule has 0 atom stereocenters. The van der Waals surface area contributed by atoms with Crippen LogP contribution < -0.4 is 15.5 Å². The number of aryl methyl sites for hydroxylation is 1. The molecule has 2 aliphatic heterocycles. The monoisotopic (exact) mass is 449 g/mol. The minimum atomic E-state index is -0.115. The molecule has 5 rings (SSSR count). The van der Waals surface area contributed by atoms with E-state index in [1.54, 1.807) is 18.3 Å². The van der Waals surface area contributed by atoms with E-state index < -0.39 is 0 Å². The Kier molecular flexibility index (Phi) is 5.40. The first-order valence-electron chi connectivity index (χ1n) is 10.6. The number of carbonyl (C=O) groups is 1. The maximum absolute atomic E-state index is 12.3. The van der Waals surface area contributed by atoms with Crippen LogP contribution in [0.15, 0.2) is 36.5 Å². The lowest BCUT2D eigenvalue weighted by Crippen LogP contribution is -2.44. The number of benzene rings is 1. The van der Waals surface area contributed by atoms with Gasteiger partial charge in [-0.15, -0.1) is 0 Å². The van der Waals surface area contributed by atoms with Gasteiger partial charge in [-0.1, -0.05) is 11.6 Å². The molecule has 2 aromatic heterocycles. The standard InChI is InChI=1S/C23H24ClN7O/c1-14-18(5-6-20(26-14)31-9-7-30(2)8-10-31)28-23-25-13-15-11-21(32)27-19-12-16(24)3-4-17(19)22(15)29-23/h3-6,12-13H,7-11H2,1-2H3,(H,27,32)(H,25,28,29). The third kappa shape index (κ3) is 4.11. The topological polar surface area (TPSA) is 86.3 Å². The van der Waals surface area contributed by atoms with Crippen molar-refractivity contribution in [3.63, 3.8) is 0 Å². The number of anilines is 4. The first-order chi connectivity index (χ1) is 15.5. The van der Waals surface area contributed by atoms with Crippen LogP contribution in [0.2, 0.25) is 5.02 Å². The van der Waals surface area contributed by atoms with Crippen molar-refractivity contribution >= 4 is 40.6 Å². The Bertz CT molecular complexity index is 1190. The number of amides is 1. The van der Waals surface area contributed by atoms with Crippen LogP contribution in [0.4, 0.5) is 23.1 Å². The van der Waals surface area contributed by atoms with Gasteiger partial charge in [0.15, 0.2) is 0 Å². The second-order valence-electron chi connectivity index (χ2n) is 8.20. The maximum atomic E-state index is 12.3. The average Bonchev–Trinajstić information content (AvgIpc) is 2.90. The molecule has 0 spiro atoms. The molecule has 1 amide bonds. The number of hydrogen-bond acceptors (Lipinski definition) is 7. The number of rotatable bonds is 3. The van der Waals surface area contributed by atoms with Crippen molar-refractivity contribution in [2.75, 3.05) is 48.8 Å². The number of carbonyl (C=O) groups excluding carboxylic acids is 1. The van der Waals surface area contributed by atoms with Gasteiger partial charge in [-0.05, 0) is 44.3 Å². The first-order valence-corrected chi connectivity index (χ1v) is 11.0. The lowest BCUT2D eigenvalue weighted by molar-refractivity contribution is -0.115. The summed E-state index contributed by atoms with van der Waals surface area (Å²) in [4.78, 5) is 30.9. The Morgan fingerprint density at radius 2 is 1.91 bits per heavy atom. The molecule has 0 saturated carbocycles. The van der Waals surface area contributed by atoms with Gasteiger partial charge in [0.1, 0.15) is 5.82 Å². The van der Waals surface area contributed by atoms with E-state index in [2.05, 4.69) is 32.5 Å². The van der Waals surface area contributed by atoms with Crippen molar-refractivity contribution in [2.24, 2.45) is 0 Å². The molecule has 4 heterocycles. The zero-order valence-corrected chi connectivity index (χ0v) is 18.8. The van der Waals surface area contributed by atoms with Gasteiger partial charge in [0.25, 0.3) is 0 Å². The van der Waals surface area contributed by atoms with Crippen LogP contribution in [0.5, 0.6) is 0 Å². The van der Waals surface area contributed by atoms with Crippen molar-refractivity contribution < 1.29 is 4.79 Å². The number of likely N-dealkylation sites (N-methyl/N-ethyl adjacent to an activating group) is 1. The predicted molar refractivity (Wildman–Crippen MR) is 127 cm³/mol. The van der Waals surface area contributed by atoms with Gasteiger partial charge in [0.05, 0.1) is 29.2 Å². The number of hydrogen-bond donors (Lipinski definition) is 2. The maximum Gasteiger partial charge on any atom is 0.228 e. The number of pyridine rings is 1. The minimum absolute atomic E-state index is 0.115. The molecular weight excluding hydrogens is 426 g/mol. The van der Waals surface area contributed by atoms with Gasteiger partial charge in [-0.3, -0.25) is 4.79 Å². The second-order valence-corrected chi connectivity index (χ2v) is 8.64. The number of nitrogens with one attached hydrogen (secondary N) is 2. The van der Waals surface area contributed by atoms with Gasteiger partial charge >= 0.3 is 0 Å². The van der Waals surface area contributed by atoms with E-state index in [0.717, 1.165) is 54.5 Å². The van der Waals surface area contributed by atoms with Gasteiger partial charge in [-0.25, -0.2) is 15.0 Å². The Morgan fingerprint density at radius 1 is 1.09 bits per heavy atom. The Labute approximate surface area is 191 Å². The molecule has 0 radical (unpaired) electrons. The van der Waals surface area contributed by atoms with Crippen LogP contribution >= 0.6 is 11.6 Å². The van der Waals surface area contributed by atoms with Crippen LogP contribution in [0, 0.1) is 6.92 Å². The molecule has 2 N–H and O–H groups in total. The normalized spacial score (nSPS) is 16.1. The Balaban J connectivity index is 1.43. The summed E-state index contributed by atoms with van der Waals surface area (Å²) in [5, 5.41) is 6.75. The van der Waals surface area contributed by atoms with E-state index in [-0.39, 0.29) is 12.3 Å². The molecule has 32 heavy (non-hydrogen) atoms. The third-order valence-electron chi connectivity index (χ3n) is 5.87. The predicted octanol–water partition coefficient (Wildman–Crippen LogP) is 3.49. The van der Waals surface area contributed by atoms with Crippen LogP contribution in [0.25, 0.3) is 11.3 Å². The highest BCUT2D eigenvalue weighted by atomic mass is 35.5. The van der Waals surface area contributed by atoms with Gasteiger partial charge in [0, 0.05) is 48.5 Å². The molecule has 0 aliphatic carbocycles. The summed E-state index contributed by atoms with van der Waals surface area (Å²) in [7, 11) is 2.14. The Hall–Kier alpha value is -3.23. The summed E-state index contributed by atoms with van der Waals surface area (Å²) in [6, 6.07) is 9.45. The molecule has 0 bridgehead atoms. The fourth-order valence-electron chi connectivity index (χ4n) is 4.04. The Morgan fingerprint density at radius 3 is 2.69 bits per heavy atom. The molecule has 164 valence electrons.